The summed E-state index contributed by atoms with van der Waals surface area (Å²) < 4.78 is 0. The molecule has 0 bridgehead atoms. The van der Waals surface area contributed by atoms with Crippen molar-refractivity contribution in [3.8, 4) is 0 Å². The summed E-state index contributed by atoms with van der Waals surface area (Å²) in [6.45, 7) is 0. The highest BCUT2D eigenvalue weighted by molar-refractivity contribution is 6.43. The molecular weight excluding hydrogens is 153 g/mol. The highest BCUT2D eigenvalue weighted by Crippen LogP contribution is 2.36. The van der Waals surface area contributed by atoms with Gasteiger partial charge in [0, 0.05) is 6.04 Å². The van der Waals surface area contributed by atoms with Gasteiger partial charge in [0.1, 0.15) is 0 Å². The van der Waals surface area contributed by atoms with Gasteiger partial charge in [-0.2, -0.15) is 0 Å². The minimum Gasteiger partial charge on any atom is -0.427 e. The normalized spacial score (nSPS) is 39.0. The van der Waals surface area contributed by atoms with Crippen LogP contribution in [-0.4, -0.2) is 23.2 Å². The fourth-order valence-electron chi connectivity index (χ4n) is 2.23. The van der Waals surface area contributed by atoms with Gasteiger partial charge >= 0.3 is 7.12 Å². The Labute approximate surface area is 72.6 Å². The van der Waals surface area contributed by atoms with E-state index in [-0.39, 0.29) is 5.82 Å². The number of nitrogens with one attached hydrogen (secondary N) is 1. The Morgan fingerprint density at radius 3 is 2.92 bits per heavy atom. The van der Waals surface area contributed by atoms with Crippen LogP contribution < -0.4 is 5.32 Å². The summed E-state index contributed by atoms with van der Waals surface area (Å²) in [5.74, 6) is 0.598. The van der Waals surface area contributed by atoms with E-state index in [0.717, 1.165) is 19.3 Å². The number of hydrogen-bond donors (Lipinski definition) is 3. The Kier molecular flexibility index (Phi) is 2.11. The Morgan fingerprint density at radius 2 is 2.17 bits per heavy atom. The number of hydrogen-bond acceptors (Lipinski definition) is 3. The molecule has 12 heavy (non-hydrogen) atoms. The molecule has 1 saturated carbocycles. The third kappa shape index (κ3) is 1.36. The van der Waals surface area contributed by atoms with Gasteiger partial charge in [-0.1, -0.05) is 12.5 Å². The lowest BCUT2D eigenvalue weighted by Crippen LogP contribution is -2.35. The molecule has 1 aliphatic heterocycles. The van der Waals surface area contributed by atoms with Crippen molar-refractivity contribution in [2.75, 3.05) is 0 Å². The molecule has 0 aromatic carbocycles. The summed E-state index contributed by atoms with van der Waals surface area (Å²) in [6.07, 6.45) is 7.01. The van der Waals surface area contributed by atoms with Crippen molar-refractivity contribution in [3.63, 3.8) is 0 Å². The van der Waals surface area contributed by atoms with Gasteiger partial charge in [0.15, 0.2) is 0 Å². The lowest BCUT2D eigenvalue weighted by Gasteiger charge is -2.30. The molecule has 0 saturated heterocycles. The van der Waals surface area contributed by atoms with Crippen LogP contribution in [0, 0.1) is 5.92 Å². The molecule has 3 unspecified atom stereocenters. The van der Waals surface area contributed by atoms with E-state index in [2.05, 4.69) is 11.4 Å². The monoisotopic (exact) mass is 167 g/mol. The highest BCUT2D eigenvalue weighted by Gasteiger charge is 2.35. The topological polar surface area (TPSA) is 52.5 Å². The predicted molar refractivity (Wildman–Crippen MR) is 47.3 cm³/mol. The van der Waals surface area contributed by atoms with E-state index in [1.807, 2.05) is 6.20 Å². The first-order chi connectivity index (χ1) is 5.77. The Hall–Kier alpha value is -0.475. The van der Waals surface area contributed by atoms with Crippen molar-refractivity contribution in [2.45, 2.75) is 31.1 Å². The van der Waals surface area contributed by atoms with E-state index in [0.29, 0.717) is 12.0 Å². The molecule has 0 aromatic rings. The summed E-state index contributed by atoms with van der Waals surface area (Å²) >= 11 is 0. The zero-order valence-corrected chi connectivity index (χ0v) is 6.98. The summed E-state index contributed by atoms with van der Waals surface area (Å²) in [5, 5.41) is 21.3. The maximum absolute atomic E-state index is 9.01. The third-order valence-corrected chi connectivity index (χ3v) is 3.02. The fourth-order valence-corrected chi connectivity index (χ4v) is 2.23. The molecule has 3 nitrogen and oxygen atoms in total. The van der Waals surface area contributed by atoms with Gasteiger partial charge in [0.05, 0.1) is 0 Å². The van der Waals surface area contributed by atoms with Crippen molar-refractivity contribution < 1.29 is 10.0 Å². The average molecular weight is 167 g/mol. The van der Waals surface area contributed by atoms with Gasteiger partial charge in [0.25, 0.3) is 0 Å². The smallest absolute Gasteiger partial charge is 0.427 e. The highest BCUT2D eigenvalue weighted by atomic mass is 16.4. The summed E-state index contributed by atoms with van der Waals surface area (Å²) in [4.78, 5) is 0. The van der Waals surface area contributed by atoms with E-state index in [1.54, 1.807) is 0 Å². The first kappa shape index (κ1) is 8.14. The van der Waals surface area contributed by atoms with Crippen molar-refractivity contribution >= 4 is 7.12 Å². The minimum atomic E-state index is -1.13. The molecule has 4 heteroatoms. The molecule has 0 aromatic heterocycles. The van der Waals surface area contributed by atoms with Crippen molar-refractivity contribution in [1.29, 1.82) is 0 Å². The molecule has 2 aliphatic rings. The SMILES string of the molecule is OB(O)C1CCC2NC=CC2C1. The molecular formula is C8H14BNO2. The number of rotatable bonds is 1. The fraction of sp³-hybridized carbons (Fsp3) is 0.750. The van der Waals surface area contributed by atoms with Gasteiger partial charge in [0.2, 0.25) is 0 Å². The Morgan fingerprint density at radius 1 is 1.33 bits per heavy atom. The lowest BCUT2D eigenvalue weighted by atomic mass is 9.62. The molecule has 3 atom stereocenters. The second kappa shape index (κ2) is 3.11. The lowest BCUT2D eigenvalue weighted by molar-refractivity contribution is 0.299. The largest absolute Gasteiger partial charge is 0.454 e. The second-order valence-corrected chi connectivity index (χ2v) is 3.78. The zero-order valence-electron chi connectivity index (χ0n) is 6.98. The van der Waals surface area contributed by atoms with Gasteiger partial charge in [-0.15, -0.1) is 0 Å². The van der Waals surface area contributed by atoms with Gasteiger partial charge in [-0.3, -0.25) is 0 Å². The summed E-state index contributed by atoms with van der Waals surface area (Å²) in [7, 11) is -1.13. The van der Waals surface area contributed by atoms with Crippen LogP contribution in [0.1, 0.15) is 19.3 Å². The van der Waals surface area contributed by atoms with Crippen LogP contribution in [0.4, 0.5) is 0 Å². The van der Waals surface area contributed by atoms with E-state index >= 15 is 0 Å². The van der Waals surface area contributed by atoms with Crippen molar-refractivity contribution in [3.05, 3.63) is 12.3 Å². The zero-order chi connectivity index (χ0) is 8.55. The van der Waals surface area contributed by atoms with E-state index in [1.165, 1.54) is 0 Å². The van der Waals surface area contributed by atoms with Crippen molar-refractivity contribution in [2.24, 2.45) is 5.92 Å². The maximum atomic E-state index is 9.01. The molecule has 0 radical (unpaired) electrons. The van der Waals surface area contributed by atoms with Crippen LogP contribution in [0.2, 0.25) is 5.82 Å². The molecule has 0 spiro atoms. The molecule has 1 heterocycles. The van der Waals surface area contributed by atoms with Crippen LogP contribution in [0.25, 0.3) is 0 Å². The van der Waals surface area contributed by atoms with Crippen LogP contribution >= 0.6 is 0 Å². The Bertz CT molecular complexity index is 195. The first-order valence-electron chi connectivity index (χ1n) is 4.56. The quantitative estimate of drug-likeness (QED) is 0.486. The van der Waals surface area contributed by atoms with Crippen LogP contribution in [0.3, 0.4) is 0 Å². The van der Waals surface area contributed by atoms with E-state index < -0.39 is 7.12 Å². The van der Waals surface area contributed by atoms with Crippen LogP contribution in [0.5, 0.6) is 0 Å². The van der Waals surface area contributed by atoms with Crippen LogP contribution in [0.15, 0.2) is 12.3 Å². The Balaban J connectivity index is 1.96. The second-order valence-electron chi connectivity index (χ2n) is 3.78. The molecule has 0 amide bonds. The van der Waals surface area contributed by atoms with Crippen LogP contribution in [-0.2, 0) is 0 Å². The van der Waals surface area contributed by atoms with Gasteiger partial charge < -0.3 is 15.4 Å². The minimum absolute atomic E-state index is 0.0794. The maximum Gasteiger partial charge on any atom is 0.454 e. The van der Waals surface area contributed by atoms with E-state index in [4.69, 9.17) is 10.0 Å². The number of fused-ring (bicyclic) bond motifs is 1. The van der Waals surface area contributed by atoms with E-state index in [9.17, 15) is 0 Å². The van der Waals surface area contributed by atoms with Gasteiger partial charge in [-0.25, -0.2) is 0 Å². The summed E-state index contributed by atoms with van der Waals surface area (Å²) in [5.41, 5.74) is 0. The molecule has 2 rings (SSSR count). The molecule has 66 valence electrons. The van der Waals surface area contributed by atoms with Gasteiger partial charge in [-0.05, 0) is 30.8 Å². The first-order valence-corrected chi connectivity index (χ1v) is 4.56. The molecule has 3 N–H and O–H groups in total. The van der Waals surface area contributed by atoms with Crippen molar-refractivity contribution in [1.82, 2.24) is 5.32 Å². The predicted octanol–water partition coefficient (Wildman–Crippen LogP) is 0.115. The molecule has 1 aliphatic carbocycles. The third-order valence-electron chi connectivity index (χ3n) is 3.02. The molecule has 1 fully saturated rings. The summed E-state index contributed by atoms with van der Waals surface area (Å²) in [6, 6.07) is 0.556. The standard InChI is InChI=1S/C8H14BNO2/c11-9(12)7-1-2-8-6(5-7)3-4-10-8/h3-4,6-8,10-12H,1-2,5H2. The average Bonchev–Trinajstić information content (AvgIpc) is 2.49.